The molecule has 134 valence electrons. The molecule has 1 heterocycles. The van der Waals surface area contributed by atoms with E-state index in [2.05, 4.69) is 5.32 Å². The van der Waals surface area contributed by atoms with Crippen molar-refractivity contribution in [1.29, 1.82) is 0 Å². The molecule has 2 rings (SSSR count). The van der Waals surface area contributed by atoms with E-state index in [9.17, 15) is 21.6 Å². The Balaban J connectivity index is 2.18. The zero-order valence-electron chi connectivity index (χ0n) is 13.3. The summed E-state index contributed by atoms with van der Waals surface area (Å²) in [7, 11) is -6.84. The summed E-state index contributed by atoms with van der Waals surface area (Å²) in [5, 5.41) is 2.94. The van der Waals surface area contributed by atoms with Crippen molar-refractivity contribution in [3.63, 3.8) is 0 Å². The number of halogens is 1. The largest absolute Gasteiger partial charge is 0.351 e. The Morgan fingerprint density at radius 2 is 2.08 bits per heavy atom. The van der Waals surface area contributed by atoms with Gasteiger partial charge in [0.1, 0.15) is 6.54 Å². The number of carbonyl (C=O) groups excluding carboxylic acids is 1. The molecule has 1 N–H and O–H groups in total. The molecule has 24 heavy (non-hydrogen) atoms. The molecule has 10 heteroatoms. The van der Waals surface area contributed by atoms with E-state index in [0.29, 0.717) is 22.7 Å². The number of carbonyl (C=O) groups is 1. The second-order valence-electron chi connectivity index (χ2n) is 5.87. The number of nitrogens with zero attached hydrogens (tertiary/aromatic N) is 1. The summed E-state index contributed by atoms with van der Waals surface area (Å²) in [4.78, 5) is 12.2. The van der Waals surface area contributed by atoms with Gasteiger partial charge in [0.2, 0.25) is 15.9 Å². The fraction of sp³-hybridized carbons (Fsp3) is 0.500. The van der Waals surface area contributed by atoms with E-state index < -0.39 is 38.4 Å². The summed E-state index contributed by atoms with van der Waals surface area (Å²) < 4.78 is 48.0. The third-order valence-electron chi connectivity index (χ3n) is 3.72. The molecule has 1 saturated heterocycles. The van der Waals surface area contributed by atoms with Gasteiger partial charge in [-0.3, -0.25) is 9.10 Å². The van der Waals surface area contributed by atoms with Gasteiger partial charge in [-0.25, -0.2) is 16.8 Å². The number of benzene rings is 1. The molecule has 0 aromatic heterocycles. The van der Waals surface area contributed by atoms with Crippen LogP contribution in [0.5, 0.6) is 0 Å². The van der Waals surface area contributed by atoms with Gasteiger partial charge in [0.15, 0.2) is 9.84 Å². The molecule has 1 aliphatic heterocycles. The molecule has 0 radical (unpaired) electrons. The highest BCUT2D eigenvalue weighted by Gasteiger charge is 2.30. The summed E-state index contributed by atoms with van der Waals surface area (Å²) in [6, 6.07) is 4.29. The maximum atomic E-state index is 12.2. The van der Waals surface area contributed by atoms with Crippen molar-refractivity contribution in [2.24, 2.45) is 0 Å². The first-order chi connectivity index (χ1) is 11.0. The molecule has 0 saturated carbocycles. The van der Waals surface area contributed by atoms with Crippen molar-refractivity contribution < 1.29 is 21.6 Å². The Bertz CT molecular complexity index is 852. The fourth-order valence-electron chi connectivity index (χ4n) is 2.54. The van der Waals surface area contributed by atoms with Gasteiger partial charge in [0, 0.05) is 11.1 Å². The third-order valence-corrected chi connectivity index (χ3v) is 6.85. The van der Waals surface area contributed by atoms with E-state index in [1.54, 1.807) is 19.1 Å². The van der Waals surface area contributed by atoms with Crippen molar-refractivity contribution in [3.8, 4) is 0 Å². The van der Waals surface area contributed by atoms with E-state index in [0.717, 1.165) is 10.6 Å². The molecule has 1 aromatic rings. The summed E-state index contributed by atoms with van der Waals surface area (Å²) >= 11 is 5.93. The maximum absolute atomic E-state index is 12.2. The van der Waals surface area contributed by atoms with Crippen LogP contribution in [0.15, 0.2) is 18.2 Å². The van der Waals surface area contributed by atoms with Crippen LogP contribution in [-0.2, 0) is 24.7 Å². The van der Waals surface area contributed by atoms with Crippen LogP contribution in [0.1, 0.15) is 12.0 Å². The maximum Gasteiger partial charge on any atom is 0.241 e. The summed E-state index contributed by atoms with van der Waals surface area (Å²) in [5.74, 6) is -0.642. The van der Waals surface area contributed by atoms with Gasteiger partial charge in [0.25, 0.3) is 0 Å². The average Bonchev–Trinajstić information content (AvgIpc) is 2.77. The van der Waals surface area contributed by atoms with Crippen molar-refractivity contribution >= 4 is 43.1 Å². The van der Waals surface area contributed by atoms with Gasteiger partial charge in [-0.05, 0) is 31.0 Å². The van der Waals surface area contributed by atoms with Crippen molar-refractivity contribution in [2.45, 2.75) is 19.4 Å². The molecule has 1 aliphatic rings. The average molecular weight is 395 g/mol. The highest BCUT2D eigenvalue weighted by Crippen LogP contribution is 2.26. The predicted octanol–water partition coefficient (Wildman–Crippen LogP) is 0.718. The van der Waals surface area contributed by atoms with Crippen molar-refractivity contribution in [2.75, 3.05) is 28.6 Å². The lowest BCUT2D eigenvalue weighted by Crippen LogP contribution is -2.44. The second-order valence-corrected chi connectivity index (χ2v) is 10.4. The first kappa shape index (κ1) is 19.0. The SMILES string of the molecule is Cc1ccc(Cl)cc1N(CC(=O)NC1CCS(=O)(=O)C1)S(C)(=O)=O. The van der Waals surface area contributed by atoms with Crippen LogP contribution < -0.4 is 9.62 Å². The van der Waals surface area contributed by atoms with Crippen molar-refractivity contribution in [1.82, 2.24) is 5.32 Å². The topological polar surface area (TPSA) is 101 Å². The molecule has 1 unspecified atom stereocenters. The van der Waals surface area contributed by atoms with Gasteiger partial charge in [-0.15, -0.1) is 0 Å². The van der Waals surface area contributed by atoms with E-state index in [4.69, 9.17) is 11.6 Å². The highest BCUT2D eigenvalue weighted by molar-refractivity contribution is 7.92. The summed E-state index contributed by atoms with van der Waals surface area (Å²) in [5.41, 5.74) is 0.972. The second kappa shape index (κ2) is 6.89. The van der Waals surface area contributed by atoms with Crippen LogP contribution in [-0.4, -0.2) is 53.1 Å². The zero-order valence-corrected chi connectivity index (χ0v) is 15.7. The molecular weight excluding hydrogens is 376 g/mol. The molecular formula is C14H19ClN2O5S2. The lowest BCUT2D eigenvalue weighted by Gasteiger charge is -2.24. The van der Waals surface area contributed by atoms with E-state index >= 15 is 0 Å². The molecule has 1 fully saturated rings. The van der Waals surface area contributed by atoms with E-state index in [-0.39, 0.29) is 11.5 Å². The molecule has 7 nitrogen and oxygen atoms in total. The number of hydrogen-bond acceptors (Lipinski definition) is 5. The number of hydrogen-bond donors (Lipinski definition) is 1. The number of sulfone groups is 1. The minimum atomic E-state index is -3.71. The van der Waals surface area contributed by atoms with Gasteiger partial charge in [-0.1, -0.05) is 17.7 Å². The molecule has 0 aliphatic carbocycles. The lowest BCUT2D eigenvalue weighted by molar-refractivity contribution is -0.120. The fourth-order valence-corrected chi connectivity index (χ4v) is 5.29. The molecule has 1 aromatic carbocycles. The van der Waals surface area contributed by atoms with Gasteiger partial charge >= 0.3 is 0 Å². The monoisotopic (exact) mass is 394 g/mol. The Hall–Kier alpha value is -1.32. The molecule has 0 bridgehead atoms. The number of rotatable bonds is 5. The Morgan fingerprint density at radius 1 is 1.42 bits per heavy atom. The Morgan fingerprint density at radius 3 is 2.62 bits per heavy atom. The number of amides is 1. The number of sulfonamides is 1. The molecule has 1 atom stereocenters. The van der Waals surface area contributed by atoms with E-state index in [1.165, 1.54) is 6.07 Å². The standard InChI is InChI=1S/C14H19ClN2O5S2/c1-10-3-4-11(15)7-13(10)17(23(2,19)20)8-14(18)16-12-5-6-24(21,22)9-12/h3-4,7,12H,5-6,8-9H2,1-2H3,(H,16,18). The quantitative estimate of drug-likeness (QED) is 0.792. The smallest absolute Gasteiger partial charge is 0.241 e. The zero-order chi connectivity index (χ0) is 18.1. The van der Waals surface area contributed by atoms with Crippen LogP contribution in [0.2, 0.25) is 5.02 Å². The molecule has 1 amide bonds. The van der Waals surface area contributed by atoms with Crippen LogP contribution in [0.4, 0.5) is 5.69 Å². The van der Waals surface area contributed by atoms with Gasteiger partial charge in [-0.2, -0.15) is 0 Å². The molecule has 0 spiro atoms. The minimum Gasteiger partial charge on any atom is -0.351 e. The van der Waals surface area contributed by atoms with Crippen LogP contribution >= 0.6 is 11.6 Å². The third kappa shape index (κ3) is 4.84. The number of nitrogens with one attached hydrogen (secondary N) is 1. The van der Waals surface area contributed by atoms with Crippen LogP contribution in [0.3, 0.4) is 0 Å². The summed E-state index contributed by atoms with van der Waals surface area (Å²) in [6.45, 7) is 1.28. The first-order valence-corrected chi connectivity index (χ1v) is 11.3. The lowest BCUT2D eigenvalue weighted by atomic mass is 10.2. The predicted molar refractivity (Wildman–Crippen MR) is 93.6 cm³/mol. The van der Waals surface area contributed by atoms with E-state index in [1.807, 2.05) is 0 Å². The normalized spacial score (nSPS) is 19.9. The Labute approximate surface area is 147 Å². The minimum absolute atomic E-state index is 0.0289. The highest BCUT2D eigenvalue weighted by atomic mass is 35.5. The van der Waals surface area contributed by atoms with Crippen LogP contribution in [0, 0.1) is 6.92 Å². The number of anilines is 1. The Kier molecular flexibility index (Phi) is 5.46. The first-order valence-electron chi connectivity index (χ1n) is 7.21. The summed E-state index contributed by atoms with van der Waals surface area (Å²) in [6.07, 6.45) is 1.34. The number of aryl methyl sites for hydroxylation is 1. The van der Waals surface area contributed by atoms with Crippen LogP contribution in [0.25, 0.3) is 0 Å². The van der Waals surface area contributed by atoms with Gasteiger partial charge in [0.05, 0.1) is 23.4 Å². The van der Waals surface area contributed by atoms with Crippen molar-refractivity contribution in [3.05, 3.63) is 28.8 Å². The van der Waals surface area contributed by atoms with Gasteiger partial charge < -0.3 is 5.32 Å².